The van der Waals surface area contributed by atoms with Crippen LogP contribution >= 0.6 is 0 Å². The summed E-state index contributed by atoms with van der Waals surface area (Å²) in [5.74, 6) is 0. The summed E-state index contributed by atoms with van der Waals surface area (Å²) in [6, 6.07) is 4.52. The van der Waals surface area contributed by atoms with Crippen LogP contribution in [0.2, 0.25) is 0 Å². The fourth-order valence-electron chi connectivity index (χ4n) is 2.26. The Hall–Kier alpha value is -1.86. The summed E-state index contributed by atoms with van der Waals surface area (Å²) in [4.78, 5) is 12.7. The highest BCUT2D eigenvalue weighted by Crippen LogP contribution is 2.22. The van der Waals surface area contributed by atoms with Crippen LogP contribution in [0.4, 0.5) is 17.1 Å². The van der Waals surface area contributed by atoms with Crippen molar-refractivity contribution in [3.63, 3.8) is 0 Å². The molecule has 1 aromatic carbocycles. The van der Waals surface area contributed by atoms with Gasteiger partial charge < -0.3 is 15.8 Å². The maximum absolute atomic E-state index is 10.8. The van der Waals surface area contributed by atoms with Crippen LogP contribution in [0.25, 0.3) is 0 Å². The van der Waals surface area contributed by atoms with Crippen molar-refractivity contribution in [2.75, 3.05) is 43.8 Å². The van der Waals surface area contributed by atoms with Gasteiger partial charge in [-0.2, -0.15) is 0 Å². The van der Waals surface area contributed by atoms with E-state index in [-0.39, 0.29) is 11.8 Å². The lowest BCUT2D eigenvalue weighted by atomic mass is 10.2. The molecule has 0 aromatic heterocycles. The van der Waals surface area contributed by atoms with Gasteiger partial charge in [-0.3, -0.25) is 15.0 Å². The molecule has 20 heavy (non-hydrogen) atoms. The number of nitro groups is 1. The lowest BCUT2D eigenvalue weighted by Crippen LogP contribution is -2.45. The molecule has 1 fully saturated rings. The summed E-state index contributed by atoms with van der Waals surface area (Å²) < 4.78 is 5.67. The zero-order valence-electron chi connectivity index (χ0n) is 11.5. The minimum Gasteiger partial charge on any atom is -0.398 e. The Kier molecular flexibility index (Phi) is 4.75. The average molecular weight is 280 g/mol. The average Bonchev–Trinajstić information content (AvgIpc) is 2.44. The number of nitro benzene ring substituents is 1. The molecule has 2 rings (SSSR count). The van der Waals surface area contributed by atoms with Gasteiger partial charge in [-0.25, -0.2) is 0 Å². The Bertz CT molecular complexity index is 481. The third-order valence-electron chi connectivity index (χ3n) is 3.35. The number of hydrogen-bond acceptors (Lipinski definition) is 6. The molecule has 0 spiro atoms. The van der Waals surface area contributed by atoms with Crippen LogP contribution in [0.1, 0.15) is 6.92 Å². The van der Waals surface area contributed by atoms with Gasteiger partial charge in [0, 0.05) is 43.1 Å². The molecule has 3 N–H and O–H groups in total. The summed E-state index contributed by atoms with van der Waals surface area (Å²) in [5.41, 5.74) is 6.68. The van der Waals surface area contributed by atoms with Crippen molar-refractivity contribution >= 4 is 17.1 Å². The Balaban J connectivity index is 1.95. The largest absolute Gasteiger partial charge is 0.398 e. The Labute approximate surface area is 117 Å². The number of likely N-dealkylation sites (N-methyl/N-ethyl adjacent to an activating group) is 1. The van der Waals surface area contributed by atoms with E-state index in [1.807, 2.05) is 0 Å². The van der Waals surface area contributed by atoms with Gasteiger partial charge in [0.05, 0.1) is 17.6 Å². The minimum absolute atomic E-state index is 0.00718. The van der Waals surface area contributed by atoms with Gasteiger partial charge in [-0.05, 0) is 12.6 Å². The molecule has 1 heterocycles. The maximum atomic E-state index is 10.8. The SMILES string of the molecule is CCN1CCOC(CNc2cc(N)cc([N+](=O)[O-])c2)C1. The quantitative estimate of drug-likeness (QED) is 0.480. The number of morpholine rings is 1. The van der Waals surface area contributed by atoms with E-state index >= 15 is 0 Å². The number of ether oxygens (including phenoxy) is 1. The molecule has 0 bridgehead atoms. The summed E-state index contributed by atoms with van der Waals surface area (Å²) in [6.07, 6.45) is 0.0872. The number of anilines is 2. The molecular weight excluding hydrogens is 260 g/mol. The molecule has 7 nitrogen and oxygen atoms in total. The van der Waals surface area contributed by atoms with Crippen LogP contribution in [-0.2, 0) is 4.74 Å². The highest BCUT2D eigenvalue weighted by atomic mass is 16.6. The Morgan fingerprint density at radius 3 is 3.05 bits per heavy atom. The van der Waals surface area contributed by atoms with E-state index in [0.29, 0.717) is 17.9 Å². The second kappa shape index (κ2) is 6.53. The number of non-ortho nitro benzene ring substituents is 1. The van der Waals surface area contributed by atoms with E-state index in [9.17, 15) is 10.1 Å². The molecule has 0 aliphatic carbocycles. The van der Waals surface area contributed by atoms with Crippen molar-refractivity contribution in [2.24, 2.45) is 0 Å². The monoisotopic (exact) mass is 280 g/mol. The van der Waals surface area contributed by atoms with Crippen molar-refractivity contribution in [1.29, 1.82) is 0 Å². The van der Waals surface area contributed by atoms with E-state index in [1.165, 1.54) is 12.1 Å². The summed E-state index contributed by atoms with van der Waals surface area (Å²) in [6.45, 7) is 6.28. The van der Waals surface area contributed by atoms with Gasteiger partial charge in [0.1, 0.15) is 0 Å². The van der Waals surface area contributed by atoms with Gasteiger partial charge in [-0.1, -0.05) is 6.92 Å². The molecule has 1 atom stereocenters. The number of benzene rings is 1. The predicted octanol–water partition coefficient (Wildman–Crippen LogP) is 1.31. The number of nitrogens with one attached hydrogen (secondary N) is 1. The highest BCUT2D eigenvalue weighted by molar-refractivity contribution is 5.61. The van der Waals surface area contributed by atoms with E-state index in [4.69, 9.17) is 10.5 Å². The number of nitrogen functional groups attached to an aromatic ring is 1. The Morgan fingerprint density at radius 2 is 2.35 bits per heavy atom. The second-order valence-electron chi connectivity index (χ2n) is 4.84. The molecule has 110 valence electrons. The molecule has 1 unspecified atom stereocenters. The molecular formula is C13H20N4O3. The van der Waals surface area contributed by atoms with Gasteiger partial charge in [0.25, 0.3) is 5.69 Å². The third kappa shape index (κ3) is 3.82. The van der Waals surface area contributed by atoms with E-state index < -0.39 is 4.92 Å². The standard InChI is InChI=1S/C13H20N4O3/c1-2-16-3-4-20-13(9-16)8-15-11-5-10(14)6-12(7-11)17(18)19/h5-7,13,15H,2-4,8-9,14H2,1H3. The van der Waals surface area contributed by atoms with Crippen LogP contribution < -0.4 is 11.1 Å². The topological polar surface area (TPSA) is 93.7 Å². The van der Waals surface area contributed by atoms with Gasteiger partial charge in [0.15, 0.2) is 0 Å². The van der Waals surface area contributed by atoms with Gasteiger partial charge in [-0.15, -0.1) is 0 Å². The van der Waals surface area contributed by atoms with E-state index in [1.54, 1.807) is 6.07 Å². The molecule has 7 heteroatoms. The van der Waals surface area contributed by atoms with Crippen molar-refractivity contribution in [3.8, 4) is 0 Å². The fraction of sp³-hybridized carbons (Fsp3) is 0.538. The second-order valence-corrected chi connectivity index (χ2v) is 4.84. The van der Waals surface area contributed by atoms with Crippen molar-refractivity contribution < 1.29 is 9.66 Å². The van der Waals surface area contributed by atoms with Gasteiger partial charge in [0.2, 0.25) is 0 Å². The van der Waals surface area contributed by atoms with E-state index in [0.717, 1.165) is 26.2 Å². The number of nitrogens with zero attached hydrogens (tertiary/aromatic N) is 2. The Morgan fingerprint density at radius 1 is 1.55 bits per heavy atom. The molecule has 0 saturated carbocycles. The summed E-state index contributed by atoms with van der Waals surface area (Å²) in [5, 5.41) is 13.9. The zero-order chi connectivity index (χ0) is 14.5. The number of hydrogen-bond donors (Lipinski definition) is 2. The van der Waals surface area contributed by atoms with Crippen molar-refractivity contribution in [3.05, 3.63) is 28.3 Å². The molecule has 0 amide bonds. The number of nitrogens with two attached hydrogens (primary N) is 1. The highest BCUT2D eigenvalue weighted by Gasteiger charge is 2.19. The minimum atomic E-state index is -0.447. The number of rotatable bonds is 5. The molecule has 1 aliphatic rings. The fourth-order valence-corrected chi connectivity index (χ4v) is 2.26. The van der Waals surface area contributed by atoms with Crippen molar-refractivity contribution in [2.45, 2.75) is 13.0 Å². The van der Waals surface area contributed by atoms with Crippen LogP contribution in [0, 0.1) is 10.1 Å². The molecule has 1 saturated heterocycles. The van der Waals surface area contributed by atoms with Crippen LogP contribution in [0.15, 0.2) is 18.2 Å². The van der Waals surface area contributed by atoms with Crippen LogP contribution in [0.3, 0.4) is 0 Å². The van der Waals surface area contributed by atoms with Crippen LogP contribution in [-0.4, -0.2) is 48.7 Å². The summed E-state index contributed by atoms with van der Waals surface area (Å²) in [7, 11) is 0. The first-order valence-electron chi connectivity index (χ1n) is 6.71. The maximum Gasteiger partial charge on any atom is 0.273 e. The first-order chi connectivity index (χ1) is 9.58. The third-order valence-corrected chi connectivity index (χ3v) is 3.35. The first kappa shape index (κ1) is 14.5. The first-order valence-corrected chi connectivity index (χ1v) is 6.71. The molecule has 1 aromatic rings. The van der Waals surface area contributed by atoms with E-state index in [2.05, 4.69) is 17.1 Å². The lowest BCUT2D eigenvalue weighted by molar-refractivity contribution is -0.384. The molecule has 1 aliphatic heterocycles. The zero-order valence-corrected chi connectivity index (χ0v) is 11.5. The van der Waals surface area contributed by atoms with Crippen molar-refractivity contribution in [1.82, 2.24) is 4.90 Å². The predicted molar refractivity (Wildman–Crippen MR) is 77.9 cm³/mol. The summed E-state index contributed by atoms with van der Waals surface area (Å²) >= 11 is 0. The smallest absolute Gasteiger partial charge is 0.273 e. The van der Waals surface area contributed by atoms with Crippen LogP contribution in [0.5, 0.6) is 0 Å². The molecule has 0 radical (unpaired) electrons. The van der Waals surface area contributed by atoms with Gasteiger partial charge >= 0.3 is 0 Å². The lowest BCUT2D eigenvalue weighted by Gasteiger charge is -2.32. The normalized spacial score (nSPS) is 19.8.